The first-order valence-electron chi connectivity index (χ1n) is 9.33. The lowest BCUT2D eigenvalue weighted by atomic mass is 9.98. The summed E-state index contributed by atoms with van der Waals surface area (Å²) < 4.78 is 6.01. The maximum absolute atomic E-state index is 12.7. The van der Waals surface area contributed by atoms with Crippen LogP contribution >= 0.6 is 0 Å². The number of benzene rings is 1. The molecule has 1 N–H and O–H groups in total. The fourth-order valence-electron chi connectivity index (χ4n) is 3.57. The highest BCUT2D eigenvalue weighted by atomic mass is 16.5. The van der Waals surface area contributed by atoms with Crippen molar-refractivity contribution in [3.63, 3.8) is 0 Å². The van der Waals surface area contributed by atoms with Gasteiger partial charge in [0.05, 0.1) is 18.7 Å². The van der Waals surface area contributed by atoms with Crippen molar-refractivity contribution in [1.29, 1.82) is 0 Å². The second-order valence-corrected chi connectivity index (χ2v) is 7.22. The zero-order valence-corrected chi connectivity index (χ0v) is 15.1. The van der Waals surface area contributed by atoms with E-state index in [9.17, 15) is 9.59 Å². The van der Waals surface area contributed by atoms with Crippen molar-refractivity contribution in [3.05, 3.63) is 35.9 Å². The van der Waals surface area contributed by atoms with E-state index in [-0.39, 0.29) is 35.9 Å². The van der Waals surface area contributed by atoms with Crippen LogP contribution in [-0.4, -0.2) is 41.9 Å². The molecule has 2 aliphatic rings. The highest BCUT2D eigenvalue weighted by molar-refractivity contribution is 5.81. The number of amides is 2. The first kappa shape index (κ1) is 17.9. The molecular formula is C20H28N2O3. The van der Waals surface area contributed by atoms with Crippen LogP contribution in [0.2, 0.25) is 0 Å². The van der Waals surface area contributed by atoms with Crippen molar-refractivity contribution in [2.24, 2.45) is 5.92 Å². The van der Waals surface area contributed by atoms with Crippen LogP contribution in [0.4, 0.5) is 0 Å². The third kappa shape index (κ3) is 4.40. The molecule has 1 aromatic carbocycles. The third-order valence-corrected chi connectivity index (χ3v) is 5.10. The smallest absolute Gasteiger partial charge is 0.223 e. The maximum Gasteiger partial charge on any atom is 0.223 e. The summed E-state index contributed by atoms with van der Waals surface area (Å²) in [5.41, 5.74) is 1.11. The molecule has 1 saturated heterocycles. The van der Waals surface area contributed by atoms with Crippen LogP contribution < -0.4 is 5.32 Å². The molecule has 0 radical (unpaired) electrons. The minimum atomic E-state index is -0.0871. The molecule has 0 unspecified atom stereocenters. The number of carbonyl (C=O) groups excluding carboxylic acids is 2. The lowest BCUT2D eigenvalue weighted by molar-refractivity contribution is -0.153. The van der Waals surface area contributed by atoms with E-state index in [2.05, 4.69) is 12.2 Å². The van der Waals surface area contributed by atoms with Gasteiger partial charge in [-0.15, -0.1) is 0 Å². The van der Waals surface area contributed by atoms with Crippen molar-refractivity contribution >= 4 is 11.8 Å². The summed E-state index contributed by atoms with van der Waals surface area (Å²) in [6.45, 7) is 5.22. The number of nitrogens with zero attached hydrogens (tertiary/aromatic N) is 1. The molecule has 1 aliphatic heterocycles. The van der Waals surface area contributed by atoms with Gasteiger partial charge in [-0.3, -0.25) is 9.59 Å². The quantitative estimate of drug-likeness (QED) is 0.807. The molecule has 5 heteroatoms. The van der Waals surface area contributed by atoms with E-state index in [0.29, 0.717) is 26.0 Å². The predicted octanol–water partition coefficient (Wildman–Crippen LogP) is 2.67. The fraction of sp³-hybridized carbons (Fsp3) is 0.600. The Labute approximate surface area is 149 Å². The Bertz CT molecular complexity index is 600. The Morgan fingerprint density at radius 2 is 1.92 bits per heavy atom. The maximum atomic E-state index is 12.7. The molecule has 2 fully saturated rings. The Hall–Kier alpha value is -1.88. The number of carbonyl (C=O) groups is 2. The zero-order valence-electron chi connectivity index (χ0n) is 15.1. The number of ether oxygens (including phenoxy) is 1. The number of hydrogen-bond acceptors (Lipinski definition) is 3. The second kappa shape index (κ2) is 8.00. The van der Waals surface area contributed by atoms with Gasteiger partial charge in [0, 0.05) is 18.9 Å². The van der Waals surface area contributed by atoms with Crippen molar-refractivity contribution in [2.45, 2.75) is 57.7 Å². The molecule has 0 spiro atoms. The van der Waals surface area contributed by atoms with E-state index in [1.807, 2.05) is 42.2 Å². The topological polar surface area (TPSA) is 58.6 Å². The Morgan fingerprint density at radius 1 is 1.20 bits per heavy atom. The van der Waals surface area contributed by atoms with Gasteiger partial charge in [-0.05, 0) is 38.7 Å². The van der Waals surface area contributed by atoms with Crippen molar-refractivity contribution < 1.29 is 14.3 Å². The van der Waals surface area contributed by atoms with E-state index in [0.717, 1.165) is 18.4 Å². The average Bonchev–Trinajstić information content (AvgIpc) is 3.44. The van der Waals surface area contributed by atoms with E-state index in [4.69, 9.17) is 4.74 Å². The van der Waals surface area contributed by atoms with E-state index in [1.54, 1.807) is 0 Å². The van der Waals surface area contributed by atoms with Gasteiger partial charge < -0.3 is 15.0 Å². The molecule has 136 valence electrons. The summed E-state index contributed by atoms with van der Waals surface area (Å²) in [5, 5.41) is 2.93. The SMILES string of the molecule is C[C@@H]1[C@@H](c2ccccc2)OC[C@H](C)N1C(=O)CCCNC(=O)C1CC1. The summed E-state index contributed by atoms with van der Waals surface area (Å²) in [6.07, 6.45) is 3.07. The van der Waals surface area contributed by atoms with E-state index < -0.39 is 0 Å². The van der Waals surface area contributed by atoms with Crippen LogP contribution in [-0.2, 0) is 14.3 Å². The van der Waals surface area contributed by atoms with Gasteiger partial charge in [0.2, 0.25) is 11.8 Å². The van der Waals surface area contributed by atoms with Gasteiger partial charge in [-0.1, -0.05) is 30.3 Å². The number of morpholine rings is 1. The Balaban J connectivity index is 1.53. The van der Waals surface area contributed by atoms with E-state index in [1.165, 1.54) is 0 Å². The van der Waals surface area contributed by atoms with Crippen LogP contribution in [0.15, 0.2) is 30.3 Å². The highest BCUT2D eigenvalue weighted by Gasteiger charge is 2.36. The van der Waals surface area contributed by atoms with Crippen LogP contribution in [0.1, 0.15) is 51.2 Å². The normalized spacial score (nSPS) is 26.3. The molecule has 0 aromatic heterocycles. The van der Waals surface area contributed by atoms with Crippen molar-refractivity contribution in [2.75, 3.05) is 13.2 Å². The number of nitrogens with one attached hydrogen (secondary N) is 1. The lowest BCUT2D eigenvalue weighted by Crippen LogP contribution is -2.53. The zero-order chi connectivity index (χ0) is 17.8. The van der Waals surface area contributed by atoms with Crippen molar-refractivity contribution in [1.82, 2.24) is 10.2 Å². The minimum Gasteiger partial charge on any atom is -0.369 e. The molecule has 1 aromatic rings. The summed E-state index contributed by atoms with van der Waals surface area (Å²) in [5.74, 6) is 0.510. The van der Waals surface area contributed by atoms with Gasteiger partial charge in [0.25, 0.3) is 0 Å². The van der Waals surface area contributed by atoms with Gasteiger partial charge in [-0.25, -0.2) is 0 Å². The molecule has 1 heterocycles. The van der Waals surface area contributed by atoms with E-state index >= 15 is 0 Å². The first-order chi connectivity index (χ1) is 12.1. The van der Waals surface area contributed by atoms with Crippen molar-refractivity contribution in [3.8, 4) is 0 Å². The fourth-order valence-corrected chi connectivity index (χ4v) is 3.57. The standard InChI is InChI=1S/C20H28N2O3/c1-14-13-25-19(16-7-4-3-5-8-16)15(2)22(14)18(23)9-6-12-21-20(24)17-10-11-17/h3-5,7-8,14-15,17,19H,6,9-13H2,1-2H3,(H,21,24)/t14-,15+,19-/m0/s1. The Kier molecular flexibility index (Phi) is 5.74. The summed E-state index contributed by atoms with van der Waals surface area (Å²) in [7, 11) is 0. The summed E-state index contributed by atoms with van der Waals surface area (Å²) in [6, 6.07) is 10.2. The molecular weight excluding hydrogens is 316 g/mol. The predicted molar refractivity (Wildman–Crippen MR) is 95.9 cm³/mol. The van der Waals surface area contributed by atoms with Crippen LogP contribution in [0.25, 0.3) is 0 Å². The van der Waals surface area contributed by atoms with Crippen LogP contribution in [0.3, 0.4) is 0 Å². The molecule has 1 saturated carbocycles. The highest BCUT2D eigenvalue weighted by Crippen LogP contribution is 2.31. The lowest BCUT2D eigenvalue weighted by Gasteiger charge is -2.44. The molecule has 0 bridgehead atoms. The molecule has 3 rings (SSSR count). The minimum absolute atomic E-state index is 0.000273. The molecule has 5 nitrogen and oxygen atoms in total. The van der Waals surface area contributed by atoms with Crippen LogP contribution in [0.5, 0.6) is 0 Å². The summed E-state index contributed by atoms with van der Waals surface area (Å²) in [4.78, 5) is 26.3. The molecule has 3 atom stereocenters. The Morgan fingerprint density at radius 3 is 2.60 bits per heavy atom. The number of rotatable bonds is 6. The largest absolute Gasteiger partial charge is 0.369 e. The number of hydrogen-bond donors (Lipinski definition) is 1. The molecule has 1 aliphatic carbocycles. The first-order valence-corrected chi connectivity index (χ1v) is 9.33. The third-order valence-electron chi connectivity index (χ3n) is 5.10. The second-order valence-electron chi connectivity index (χ2n) is 7.22. The molecule has 25 heavy (non-hydrogen) atoms. The van der Waals surface area contributed by atoms with Gasteiger partial charge in [-0.2, -0.15) is 0 Å². The average molecular weight is 344 g/mol. The molecule has 2 amide bonds. The van der Waals surface area contributed by atoms with Gasteiger partial charge >= 0.3 is 0 Å². The summed E-state index contributed by atoms with van der Waals surface area (Å²) >= 11 is 0. The van der Waals surface area contributed by atoms with Gasteiger partial charge in [0.15, 0.2) is 0 Å². The van der Waals surface area contributed by atoms with Crippen LogP contribution in [0, 0.1) is 5.92 Å². The monoisotopic (exact) mass is 344 g/mol. The van der Waals surface area contributed by atoms with Gasteiger partial charge in [0.1, 0.15) is 6.10 Å².